The summed E-state index contributed by atoms with van der Waals surface area (Å²) in [4.78, 5) is 49.9. The van der Waals surface area contributed by atoms with Gasteiger partial charge in [-0.3, -0.25) is 9.59 Å². The first kappa shape index (κ1) is 29.9. The fourth-order valence-corrected chi connectivity index (χ4v) is 3.95. The summed E-state index contributed by atoms with van der Waals surface area (Å²) in [6.45, 7) is 6.84. The summed E-state index contributed by atoms with van der Waals surface area (Å²) in [5.41, 5.74) is 5.48. The second-order valence-electron chi connectivity index (χ2n) is 10.1. The first-order chi connectivity index (χ1) is 17.5. The van der Waals surface area contributed by atoms with Crippen LogP contribution in [0.5, 0.6) is 0 Å². The van der Waals surface area contributed by atoms with Crippen LogP contribution in [0.1, 0.15) is 58.4 Å². The van der Waals surface area contributed by atoms with Crippen molar-refractivity contribution in [1.29, 1.82) is 0 Å². The van der Waals surface area contributed by atoms with Crippen molar-refractivity contribution in [1.82, 2.24) is 20.9 Å². The van der Waals surface area contributed by atoms with Gasteiger partial charge in [0.1, 0.15) is 12.2 Å². The van der Waals surface area contributed by atoms with Crippen molar-refractivity contribution in [3.05, 3.63) is 35.9 Å². The van der Waals surface area contributed by atoms with Gasteiger partial charge in [-0.25, -0.2) is 9.59 Å². The lowest BCUT2D eigenvalue weighted by molar-refractivity contribution is -0.126. The van der Waals surface area contributed by atoms with Crippen LogP contribution in [0.15, 0.2) is 30.3 Å². The highest BCUT2D eigenvalue weighted by atomic mass is 16.6. The number of carbonyl (C=O) groups is 4. The zero-order valence-electron chi connectivity index (χ0n) is 22.1. The lowest BCUT2D eigenvalue weighted by Gasteiger charge is -2.29. The number of rotatable bonds is 13. The maximum Gasteiger partial charge on any atom is 0.410 e. The van der Waals surface area contributed by atoms with Gasteiger partial charge >= 0.3 is 12.2 Å². The summed E-state index contributed by atoms with van der Waals surface area (Å²) < 4.78 is 10.7. The van der Waals surface area contributed by atoms with Gasteiger partial charge in [0, 0.05) is 25.7 Å². The van der Waals surface area contributed by atoms with Crippen LogP contribution in [0.4, 0.5) is 9.59 Å². The minimum atomic E-state index is -0.628. The van der Waals surface area contributed by atoms with Crippen molar-refractivity contribution in [2.24, 2.45) is 5.73 Å². The number of alkyl carbamates (subject to hydrolysis) is 1. The number of nitrogens with two attached hydrogens (primary N) is 1. The Morgan fingerprint density at radius 3 is 2.51 bits per heavy atom. The van der Waals surface area contributed by atoms with E-state index < -0.39 is 23.6 Å². The van der Waals surface area contributed by atoms with Gasteiger partial charge < -0.3 is 36.1 Å². The molecule has 1 heterocycles. The Kier molecular flexibility index (Phi) is 12.1. The summed E-state index contributed by atoms with van der Waals surface area (Å²) in [5.74, 6) is -0.965. The highest BCUT2D eigenvalue weighted by molar-refractivity contribution is 5.86. The van der Waals surface area contributed by atoms with E-state index in [0.717, 1.165) is 18.4 Å². The van der Waals surface area contributed by atoms with Crippen LogP contribution in [-0.2, 0) is 25.7 Å². The Balaban J connectivity index is 1.78. The van der Waals surface area contributed by atoms with E-state index in [1.54, 1.807) is 4.90 Å². The number of amides is 4. The van der Waals surface area contributed by atoms with E-state index in [2.05, 4.69) is 16.0 Å². The number of nitrogens with one attached hydrogen (secondary N) is 3. The van der Waals surface area contributed by atoms with Crippen LogP contribution >= 0.6 is 0 Å². The SMILES string of the molecule is CC(C)(C)OC(=O)N1CCC[C@@H]1CN[C@@H](CCCCNC(=O)OCc1ccccc1)C(=O)NCC(N)=O. The van der Waals surface area contributed by atoms with E-state index in [0.29, 0.717) is 38.9 Å². The van der Waals surface area contributed by atoms with Gasteiger partial charge in [-0.05, 0) is 58.4 Å². The number of primary amides is 1. The lowest BCUT2D eigenvalue weighted by atomic mass is 10.1. The lowest BCUT2D eigenvalue weighted by Crippen LogP contribution is -2.51. The standard InChI is InChI=1S/C26H41N5O6/c1-26(2,3)37-25(35)31-15-9-12-20(31)16-29-21(23(33)30-17-22(27)32)13-7-8-14-28-24(34)36-18-19-10-5-4-6-11-19/h4-6,10-11,20-21,29H,7-9,12-18H2,1-3H3,(H2,27,32)(H,28,34)(H,30,33)/t20-,21+/m1/s1. The topological polar surface area (TPSA) is 152 Å². The molecule has 0 unspecified atom stereocenters. The molecule has 1 saturated heterocycles. The molecule has 206 valence electrons. The van der Waals surface area contributed by atoms with Gasteiger partial charge in [0.05, 0.1) is 12.6 Å². The maximum atomic E-state index is 12.7. The van der Waals surface area contributed by atoms with Crippen LogP contribution in [0, 0.1) is 0 Å². The van der Waals surface area contributed by atoms with Crippen LogP contribution < -0.4 is 21.7 Å². The molecule has 2 rings (SSSR count). The molecule has 11 nitrogen and oxygen atoms in total. The van der Waals surface area contributed by atoms with Gasteiger partial charge in [-0.2, -0.15) is 0 Å². The number of unbranched alkanes of at least 4 members (excludes halogenated alkanes) is 1. The second-order valence-corrected chi connectivity index (χ2v) is 10.1. The molecule has 1 aromatic carbocycles. The van der Waals surface area contributed by atoms with Crippen molar-refractivity contribution < 1.29 is 28.7 Å². The van der Waals surface area contributed by atoms with E-state index in [-0.39, 0.29) is 31.2 Å². The molecule has 0 aliphatic carbocycles. The van der Waals surface area contributed by atoms with Crippen LogP contribution in [0.2, 0.25) is 0 Å². The molecule has 0 radical (unpaired) electrons. The summed E-state index contributed by atoms with van der Waals surface area (Å²) >= 11 is 0. The van der Waals surface area contributed by atoms with Crippen molar-refractivity contribution >= 4 is 24.0 Å². The fraction of sp³-hybridized carbons (Fsp3) is 0.615. The average Bonchev–Trinajstić information content (AvgIpc) is 3.31. The van der Waals surface area contributed by atoms with Gasteiger partial charge in [0.15, 0.2) is 0 Å². The zero-order valence-corrected chi connectivity index (χ0v) is 22.1. The minimum absolute atomic E-state index is 0.0951. The Bertz CT molecular complexity index is 889. The molecule has 4 amide bonds. The van der Waals surface area contributed by atoms with E-state index >= 15 is 0 Å². The molecule has 0 saturated carbocycles. The Morgan fingerprint density at radius 1 is 1.11 bits per heavy atom. The van der Waals surface area contributed by atoms with Crippen molar-refractivity contribution in [2.45, 2.75) is 77.2 Å². The van der Waals surface area contributed by atoms with Gasteiger partial charge in [0.25, 0.3) is 0 Å². The Hall–Kier alpha value is -3.34. The molecule has 2 atom stereocenters. The van der Waals surface area contributed by atoms with Crippen LogP contribution in [0.3, 0.4) is 0 Å². The summed E-state index contributed by atoms with van der Waals surface area (Å²) in [6, 6.07) is 8.73. The summed E-state index contributed by atoms with van der Waals surface area (Å²) in [7, 11) is 0. The predicted octanol–water partition coefficient (Wildman–Crippen LogP) is 2.04. The molecule has 5 N–H and O–H groups in total. The molecular formula is C26H41N5O6. The number of hydrogen-bond donors (Lipinski definition) is 4. The molecule has 37 heavy (non-hydrogen) atoms. The van der Waals surface area contributed by atoms with Crippen LogP contribution in [-0.4, -0.2) is 72.8 Å². The quantitative estimate of drug-likeness (QED) is 0.291. The molecule has 11 heteroatoms. The van der Waals surface area contributed by atoms with Gasteiger partial charge in [0.2, 0.25) is 11.8 Å². The number of hydrogen-bond acceptors (Lipinski definition) is 7. The number of carbonyl (C=O) groups excluding carboxylic acids is 4. The third kappa shape index (κ3) is 12.0. The third-order valence-electron chi connectivity index (χ3n) is 5.76. The summed E-state index contributed by atoms with van der Waals surface area (Å²) in [6.07, 6.45) is 2.55. The molecule has 0 aromatic heterocycles. The van der Waals surface area contributed by atoms with E-state index in [1.807, 2.05) is 51.1 Å². The number of ether oxygens (including phenoxy) is 2. The van der Waals surface area contributed by atoms with Crippen LogP contribution in [0.25, 0.3) is 0 Å². The Morgan fingerprint density at radius 2 is 1.84 bits per heavy atom. The number of benzene rings is 1. The zero-order chi connectivity index (χ0) is 27.3. The minimum Gasteiger partial charge on any atom is -0.445 e. The molecule has 0 bridgehead atoms. The highest BCUT2D eigenvalue weighted by Crippen LogP contribution is 2.20. The first-order valence-electron chi connectivity index (χ1n) is 12.8. The number of nitrogens with zero attached hydrogens (tertiary/aromatic N) is 1. The van der Waals surface area contributed by atoms with Gasteiger partial charge in [-0.1, -0.05) is 30.3 Å². The molecule has 1 aliphatic rings. The monoisotopic (exact) mass is 519 g/mol. The highest BCUT2D eigenvalue weighted by Gasteiger charge is 2.33. The second kappa shape index (κ2) is 15.0. The normalized spacial score (nSPS) is 16.1. The molecule has 1 fully saturated rings. The Labute approximate surface area is 218 Å². The molecule has 1 aromatic rings. The predicted molar refractivity (Wildman–Crippen MR) is 138 cm³/mol. The van der Waals surface area contributed by atoms with Crippen molar-refractivity contribution in [2.75, 3.05) is 26.2 Å². The fourth-order valence-electron chi connectivity index (χ4n) is 3.95. The molecular weight excluding hydrogens is 478 g/mol. The molecule has 0 spiro atoms. The maximum absolute atomic E-state index is 12.7. The first-order valence-corrected chi connectivity index (χ1v) is 12.8. The van der Waals surface area contributed by atoms with E-state index in [4.69, 9.17) is 15.2 Å². The van der Waals surface area contributed by atoms with E-state index in [1.165, 1.54) is 0 Å². The smallest absolute Gasteiger partial charge is 0.410 e. The largest absolute Gasteiger partial charge is 0.445 e. The number of likely N-dealkylation sites (tertiary alicyclic amines) is 1. The van der Waals surface area contributed by atoms with Crippen molar-refractivity contribution in [3.63, 3.8) is 0 Å². The molecule has 1 aliphatic heterocycles. The summed E-state index contributed by atoms with van der Waals surface area (Å²) in [5, 5.41) is 8.50. The van der Waals surface area contributed by atoms with Crippen molar-refractivity contribution in [3.8, 4) is 0 Å². The third-order valence-corrected chi connectivity index (χ3v) is 5.76. The van der Waals surface area contributed by atoms with E-state index in [9.17, 15) is 19.2 Å². The van der Waals surface area contributed by atoms with Gasteiger partial charge in [-0.15, -0.1) is 0 Å². The average molecular weight is 520 g/mol.